The number of halogens is 2. The van der Waals surface area contributed by atoms with Crippen LogP contribution >= 0.6 is 11.8 Å². The molecule has 1 atom stereocenters. The summed E-state index contributed by atoms with van der Waals surface area (Å²) in [6.07, 6.45) is 1.30. The molecule has 20 heavy (non-hydrogen) atoms. The highest BCUT2D eigenvalue weighted by Crippen LogP contribution is 2.24. The van der Waals surface area contributed by atoms with Gasteiger partial charge in [0.05, 0.1) is 12.4 Å². The van der Waals surface area contributed by atoms with Crippen LogP contribution in [-0.4, -0.2) is 20.4 Å². The molecule has 106 valence electrons. The summed E-state index contributed by atoms with van der Waals surface area (Å²) in [6, 6.07) is 5.59. The highest BCUT2D eigenvalue weighted by atomic mass is 32.2. The molecular weight excluding hydrogens is 282 g/mol. The predicted octanol–water partition coefficient (Wildman–Crippen LogP) is 3.66. The second-order valence-corrected chi connectivity index (χ2v) is 5.48. The molecule has 0 aliphatic heterocycles. The van der Waals surface area contributed by atoms with Gasteiger partial charge in [0.1, 0.15) is 5.82 Å². The maximum Gasteiger partial charge on any atom is 0.242 e. The van der Waals surface area contributed by atoms with Crippen molar-refractivity contribution in [2.24, 2.45) is 0 Å². The van der Waals surface area contributed by atoms with Gasteiger partial charge in [-0.25, -0.2) is 9.37 Å². The van der Waals surface area contributed by atoms with E-state index < -0.39 is 5.95 Å². The molecule has 0 amide bonds. The third kappa shape index (κ3) is 2.90. The first-order chi connectivity index (χ1) is 9.54. The molecule has 1 aromatic heterocycles. The van der Waals surface area contributed by atoms with E-state index in [4.69, 9.17) is 0 Å². The fraction of sp³-hybridized carbons (Fsp3) is 0.286. The molecule has 1 aromatic carbocycles. The van der Waals surface area contributed by atoms with Gasteiger partial charge in [-0.1, -0.05) is 30.8 Å². The van der Waals surface area contributed by atoms with Crippen LogP contribution in [0.2, 0.25) is 0 Å². The molecular formula is C14H14F2N2OS. The van der Waals surface area contributed by atoms with Crippen molar-refractivity contribution in [1.29, 1.82) is 0 Å². The van der Waals surface area contributed by atoms with Crippen molar-refractivity contribution < 1.29 is 13.6 Å². The number of hydrogen-bond donors (Lipinski definition) is 0. The van der Waals surface area contributed by atoms with Crippen molar-refractivity contribution in [2.45, 2.75) is 19.9 Å². The van der Waals surface area contributed by atoms with Crippen LogP contribution in [0.25, 0.3) is 0 Å². The smallest absolute Gasteiger partial charge is 0.242 e. The minimum absolute atomic E-state index is 0.0475. The number of aromatic nitrogens is 2. The zero-order chi connectivity index (χ0) is 14.7. The number of rotatable bonds is 4. The quantitative estimate of drug-likeness (QED) is 0.863. The number of carbonyl (C=O) groups is 1. The molecule has 0 spiro atoms. The van der Waals surface area contributed by atoms with Gasteiger partial charge in [-0.2, -0.15) is 4.39 Å². The molecule has 0 saturated carbocycles. The van der Waals surface area contributed by atoms with Gasteiger partial charge in [0.25, 0.3) is 0 Å². The lowest BCUT2D eigenvalue weighted by Crippen LogP contribution is -2.13. The Kier molecular flexibility index (Phi) is 4.54. The Bertz CT molecular complexity index is 610. The van der Waals surface area contributed by atoms with Crippen LogP contribution in [0.4, 0.5) is 8.78 Å². The highest BCUT2D eigenvalue weighted by molar-refractivity contribution is 8.14. The van der Waals surface area contributed by atoms with Gasteiger partial charge in [0.2, 0.25) is 11.1 Å². The van der Waals surface area contributed by atoms with Crippen molar-refractivity contribution in [3.8, 4) is 0 Å². The summed E-state index contributed by atoms with van der Waals surface area (Å²) >= 11 is 1.03. The highest BCUT2D eigenvalue weighted by Gasteiger charge is 2.22. The molecule has 2 rings (SSSR count). The predicted molar refractivity (Wildman–Crippen MR) is 74.9 cm³/mol. The zero-order valence-corrected chi connectivity index (χ0v) is 12.0. The number of imidazole rings is 1. The van der Waals surface area contributed by atoms with E-state index in [0.717, 1.165) is 17.3 Å². The van der Waals surface area contributed by atoms with Gasteiger partial charge >= 0.3 is 0 Å². The Balaban J connectivity index is 2.37. The summed E-state index contributed by atoms with van der Waals surface area (Å²) in [4.78, 5) is 15.5. The summed E-state index contributed by atoms with van der Waals surface area (Å²) in [6.45, 7) is 3.63. The van der Waals surface area contributed by atoms with E-state index in [-0.39, 0.29) is 22.7 Å². The third-order valence-corrected chi connectivity index (χ3v) is 3.73. The van der Waals surface area contributed by atoms with Crippen LogP contribution < -0.4 is 0 Å². The van der Waals surface area contributed by atoms with E-state index >= 15 is 0 Å². The summed E-state index contributed by atoms with van der Waals surface area (Å²) in [5.74, 6) is -0.547. The molecule has 0 unspecified atom stereocenters. The van der Waals surface area contributed by atoms with Crippen molar-refractivity contribution in [3.63, 3.8) is 0 Å². The van der Waals surface area contributed by atoms with Crippen molar-refractivity contribution in [2.75, 3.05) is 5.75 Å². The van der Waals surface area contributed by atoms with E-state index in [9.17, 15) is 13.6 Å². The maximum absolute atomic E-state index is 13.7. The topological polar surface area (TPSA) is 34.9 Å². The third-order valence-electron chi connectivity index (χ3n) is 2.99. The molecule has 2 aromatic rings. The van der Waals surface area contributed by atoms with E-state index in [0.29, 0.717) is 5.75 Å². The fourth-order valence-electron chi connectivity index (χ4n) is 1.92. The molecule has 6 heteroatoms. The Labute approximate surface area is 120 Å². The largest absolute Gasteiger partial charge is 0.318 e. The standard InChI is InChI=1S/C14H14F2N2OS/c1-3-20-14(19)12-13(16)17-8-18(12)9(2)10-4-6-11(15)7-5-10/h4-9H,3H2,1-2H3/t9-/m1/s1. The van der Waals surface area contributed by atoms with Crippen molar-refractivity contribution in [3.05, 3.63) is 53.6 Å². The Hall–Kier alpha value is -1.69. The molecule has 0 aliphatic rings. The van der Waals surface area contributed by atoms with Crippen LogP contribution in [0.1, 0.15) is 35.9 Å². The van der Waals surface area contributed by atoms with E-state index in [1.807, 2.05) is 13.8 Å². The number of carbonyl (C=O) groups excluding carboxylic acids is 1. The van der Waals surface area contributed by atoms with E-state index in [2.05, 4.69) is 4.98 Å². The average molecular weight is 296 g/mol. The lowest BCUT2D eigenvalue weighted by Gasteiger charge is -2.16. The summed E-state index contributed by atoms with van der Waals surface area (Å²) in [5, 5.41) is -0.350. The summed E-state index contributed by atoms with van der Waals surface area (Å²) < 4.78 is 28.1. The molecule has 0 saturated heterocycles. The number of nitrogens with zero attached hydrogens (tertiary/aromatic N) is 2. The number of hydrogen-bond acceptors (Lipinski definition) is 3. The molecule has 0 radical (unpaired) electrons. The first-order valence-electron chi connectivity index (χ1n) is 6.19. The molecule has 3 nitrogen and oxygen atoms in total. The second kappa shape index (κ2) is 6.17. The van der Waals surface area contributed by atoms with E-state index in [1.54, 1.807) is 12.1 Å². The van der Waals surface area contributed by atoms with Gasteiger partial charge in [-0.3, -0.25) is 4.79 Å². The van der Waals surface area contributed by atoms with Crippen molar-refractivity contribution in [1.82, 2.24) is 9.55 Å². The van der Waals surface area contributed by atoms with Gasteiger partial charge in [-0.15, -0.1) is 0 Å². The molecule has 0 bridgehead atoms. The fourth-order valence-corrected chi connectivity index (χ4v) is 2.51. The van der Waals surface area contributed by atoms with Gasteiger partial charge in [-0.05, 0) is 30.4 Å². The molecule has 0 aliphatic carbocycles. The normalized spacial score (nSPS) is 12.4. The van der Waals surface area contributed by atoms with Crippen LogP contribution in [-0.2, 0) is 0 Å². The average Bonchev–Trinajstić information content (AvgIpc) is 2.81. The first kappa shape index (κ1) is 14.7. The number of thioether (sulfide) groups is 1. The summed E-state index contributed by atoms with van der Waals surface area (Å²) in [5.41, 5.74) is 0.730. The van der Waals surface area contributed by atoms with Crippen LogP contribution in [0.5, 0.6) is 0 Å². The van der Waals surface area contributed by atoms with Gasteiger partial charge < -0.3 is 4.57 Å². The molecule has 1 heterocycles. The molecule has 0 N–H and O–H groups in total. The second-order valence-electron chi connectivity index (χ2n) is 4.24. The maximum atomic E-state index is 13.7. The minimum Gasteiger partial charge on any atom is -0.318 e. The van der Waals surface area contributed by atoms with E-state index in [1.165, 1.54) is 23.0 Å². The lowest BCUT2D eigenvalue weighted by molar-refractivity contribution is 0.107. The lowest BCUT2D eigenvalue weighted by atomic mass is 10.1. The van der Waals surface area contributed by atoms with Crippen molar-refractivity contribution >= 4 is 16.9 Å². The van der Waals surface area contributed by atoms with Gasteiger partial charge in [0, 0.05) is 0 Å². The van der Waals surface area contributed by atoms with Crippen LogP contribution in [0, 0.1) is 11.8 Å². The minimum atomic E-state index is -0.773. The van der Waals surface area contributed by atoms with Gasteiger partial charge in [0.15, 0.2) is 5.69 Å². The van der Waals surface area contributed by atoms with Crippen LogP contribution in [0.3, 0.4) is 0 Å². The molecule has 0 fully saturated rings. The van der Waals surface area contributed by atoms with Crippen LogP contribution in [0.15, 0.2) is 30.6 Å². The zero-order valence-electron chi connectivity index (χ0n) is 11.1. The first-order valence-corrected chi connectivity index (χ1v) is 7.18. The Morgan fingerprint density at radius 1 is 1.35 bits per heavy atom. The number of benzene rings is 1. The summed E-state index contributed by atoms with van der Waals surface area (Å²) in [7, 11) is 0. The Morgan fingerprint density at radius 3 is 2.60 bits per heavy atom. The monoisotopic (exact) mass is 296 g/mol. The SMILES string of the molecule is CCSC(=O)c1c(F)ncn1[C@H](C)c1ccc(F)cc1. The Morgan fingerprint density at radius 2 is 2.00 bits per heavy atom.